The zero-order valence-electron chi connectivity index (χ0n) is 10.5. The van der Waals surface area contributed by atoms with E-state index in [1.165, 1.54) is 0 Å². The zero-order chi connectivity index (χ0) is 13.8. The number of carbonyl (C=O) groups excluding carboxylic acids is 1. The van der Waals surface area contributed by atoms with Crippen molar-refractivity contribution < 1.29 is 4.79 Å². The average Bonchev–Trinajstić information content (AvgIpc) is 2.86. The Balaban J connectivity index is 2.16. The van der Waals surface area contributed by atoms with E-state index in [2.05, 4.69) is 15.9 Å². The molecule has 0 spiro atoms. The van der Waals surface area contributed by atoms with E-state index in [0.717, 1.165) is 37.6 Å². The third-order valence-corrected chi connectivity index (χ3v) is 4.59. The largest absolute Gasteiger partial charge is 0.336 e. The fourth-order valence-corrected chi connectivity index (χ4v) is 3.23. The van der Waals surface area contributed by atoms with Gasteiger partial charge in [0.25, 0.3) is 5.91 Å². The monoisotopic (exact) mass is 363 g/mol. The zero-order valence-corrected chi connectivity index (χ0v) is 13.6. The molecule has 0 radical (unpaired) electrons. The number of halogens is 3. The van der Waals surface area contributed by atoms with Crippen molar-refractivity contribution in [1.29, 1.82) is 0 Å². The third kappa shape index (κ3) is 3.65. The van der Waals surface area contributed by atoms with E-state index in [4.69, 9.17) is 23.2 Å². The van der Waals surface area contributed by atoms with Gasteiger partial charge in [0.2, 0.25) is 0 Å². The van der Waals surface area contributed by atoms with Crippen LogP contribution in [0.5, 0.6) is 0 Å². The van der Waals surface area contributed by atoms with Gasteiger partial charge in [0.15, 0.2) is 0 Å². The van der Waals surface area contributed by atoms with E-state index in [-0.39, 0.29) is 5.91 Å². The van der Waals surface area contributed by atoms with Crippen LogP contribution in [-0.2, 0) is 0 Å². The van der Waals surface area contributed by atoms with Crippen LogP contribution in [0.3, 0.4) is 0 Å². The Morgan fingerprint density at radius 2 is 2.21 bits per heavy atom. The molecule has 0 saturated carbocycles. The van der Waals surface area contributed by atoms with Crippen LogP contribution in [0.2, 0.25) is 10.0 Å². The lowest BCUT2D eigenvalue weighted by Crippen LogP contribution is -2.35. The standard InChI is InChI=1S/C14H16BrCl2NO/c15-7-1-3-11-4-2-8-18(11)14(19)12-9-10(16)5-6-13(12)17/h5-6,9,11H,1-4,7-8H2. The summed E-state index contributed by atoms with van der Waals surface area (Å²) in [7, 11) is 0. The quantitative estimate of drug-likeness (QED) is 0.704. The lowest BCUT2D eigenvalue weighted by molar-refractivity contribution is 0.0730. The van der Waals surface area contributed by atoms with Crippen LogP contribution >= 0.6 is 39.1 Å². The molecule has 1 amide bonds. The first-order chi connectivity index (χ1) is 9.13. The van der Waals surface area contributed by atoms with Crippen LogP contribution in [0, 0.1) is 0 Å². The molecule has 1 aliphatic heterocycles. The fraction of sp³-hybridized carbons (Fsp3) is 0.500. The van der Waals surface area contributed by atoms with E-state index in [0.29, 0.717) is 21.7 Å². The number of likely N-dealkylation sites (tertiary alicyclic amines) is 1. The maximum atomic E-state index is 12.6. The van der Waals surface area contributed by atoms with Crippen molar-refractivity contribution in [3.8, 4) is 0 Å². The summed E-state index contributed by atoms with van der Waals surface area (Å²) in [5.41, 5.74) is 0.514. The fourth-order valence-electron chi connectivity index (χ4n) is 2.53. The minimum absolute atomic E-state index is 0.00423. The maximum absolute atomic E-state index is 12.6. The Bertz CT molecular complexity index is 467. The summed E-state index contributed by atoms with van der Waals surface area (Å²) < 4.78 is 0. The van der Waals surface area contributed by atoms with Gasteiger partial charge in [-0.1, -0.05) is 39.1 Å². The molecule has 1 aromatic rings. The smallest absolute Gasteiger partial charge is 0.255 e. The van der Waals surface area contributed by atoms with Gasteiger partial charge in [-0.05, 0) is 43.9 Å². The molecule has 104 valence electrons. The Hall–Kier alpha value is -0.250. The lowest BCUT2D eigenvalue weighted by Gasteiger charge is -2.25. The predicted molar refractivity (Wildman–Crippen MR) is 83.5 cm³/mol. The molecule has 0 aliphatic carbocycles. The van der Waals surface area contributed by atoms with Crippen LogP contribution < -0.4 is 0 Å². The summed E-state index contributed by atoms with van der Waals surface area (Å²) in [5.74, 6) is 0.00423. The van der Waals surface area contributed by atoms with E-state index in [9.17, 15) is 4.79 Å². The van der Waals surface area contributed by atoms with Crippen LogP contribution in [0.15, 0.2) is 18.2 Å². The minimum Gasteiger partial charge on any atom is -0.336 e. The van der Waals surface area contributed by atoms with Crippen LogP contribution in [0.25, 0.3) is 0 Å². The van der Waals surface area contributed by atoms with Gasteiger partial charge in [-0.15, -0.1) is 0 Å². The second-order valence-corrected chi connectivity index (χ2v) is 6.39. The van der Waals surface area contributed by atoms with Gasteiger partial charge in [-0.25, -0.2) is 0 Å². The van der Waals surface area contributed by atoms with E-state index in [1.807, 2.05) is 4.90 Å². The molecule has 1 aliphatic rings. The van der Waals surface area contributed by atoms with Crippen molar-refractivity contribution in [1.82, 2.24) is 4.90 Å². The minimum atomic E-state index is 0.00423. The summed E-state index contributed by atoms with van der Waals surface area (Å²) >= 11 is 15.5. The van der Waals surface area contributed by atoms with Gasteiger partial charge < -0.3 is 4.90 Å². The van der Waals surface area contributed by atoms with Gasteiger partial charge >= 0.3 is 0 Å². The van der Waals surface area contributed by atoms with E-state index in [1.54, 1.807) is 18.2 Å². The highest BCUT2D eigenvalue weighted by molar-refractivity contribution is 9.09. The predicted octanol–water partition coefficient (Wildman–Crippen LogP) is 4.77. The van der Waals surface area contributed by atoms with Gasteiger partial charge in [0, 0.05) is 22.9 Å². The first kappa shape index (κ1) is 15.1. The Labute approximate surface area is 132 Å². The van der Waals surface area contributed by atoms with Gasteiger partial charge in [0.05, 0.1) is 10.6 Å². The van der Waals surface area contributed by atoms with Crippen molar-refractivity contribution >= 4 is 45.0 Å². The molecule has 1 atom stereocenters. The van der Waals surface area contributed by atoms with Crippen molar-refractivity contribution in [2.24, 2.45) is 0 Å². The molecule has 0 N–H and O–H groups in total. The van der Waals surface area contributed by atoms with Crippen LogP contribution in [0.4, 0.5) is 0 Å². The molecule has 1 heterocycles. The summed E-state index contributed by atoms with van der Waals surface area (Å²) in [6, 6.07) is 5.37. The SMILES string of the molecule is O=C(c1cc(Cl)ccc1Cl)N1CCCC1CCCBr. The molecule has 1 saturated heterocycles. The highest BCUT2D eigenvalue weighted by atomic mass is 79.9. The number of alkyl halides is 1. The topological polar surface area (TPSA) is 20.3 Å². The molecular formula is C14H16BrCl2NO. The number of benzene rings is 1. The number of nitrogens with zero attached hydrogens (tertiary/aromatic N) is 1. The molecule has 2 rings (SSSR count). The number of hydrogen-bond acceptors (Lipinski definition) is 1. The van der Waals surface area contributed by atoms with Crippen LogP contribution in [0.1, 0.15) is 36.0 Å². The summed E-state index contributed by atoms with van der Waals surface area (Å²) in [6.07, 6.45) is 4.26. The molecule has 0 bridgehead atoms. The number of rotatable bonds is 4. The van der Waals surface area contributed by atoms with Crippen molar-refractivity contribution in [3.05, 3.63) is 33.8 Å². The van der Waals surface area contributed by atoms with Gasteiger partial charge in [0.1, 0.15) is 0 Å². The maximum Gasteiger partial charge on any atom is 0.255 e. The molecule has 1 aromatic carbocycles. The molecule has 1 fully saturated rings. The summed E-state index contributed by atoms with van der Waals surface area (Å²) in [4.78, 5) is 14.5. The molecule has 0 aromatic heterocycles. The highest BCUT2D eigenvalue weighted by Gasteiger charge is 2.29. The number of carbonyl (C=O) groups is 1. The second kappa shape index (κ2) is 6.96. The lowest BCUT2D eigenvalue weighted by atomic mass is 10.1. The summed E-state index contributed by atoms with van der Waals surface area (Å²) in [6.45, 7) is 0.814. The molecule has 2 nitrogen and oxygen atoms in total. The van der Waals surface area contributed by atoms with E-state index >= 15 is 0 Å². The average molecular weight is 365 g/mol. The molecular weight excluding hydrogens is 349 g/mol. The van der Waals surface area contributed by atoms with Crippen LogP contribution in [-0.4, -0.2) is 28.7 Å². The Kier molecular flexibility index (Phi) is 5.55. The Morgan fingerprint density at radius 1 is 1.42 bits per heavy atom. The highest BCUT2D eigenvalue weighted by Crippen LogP contribution is 2.27. The first-order valence-corrected chi connectivity index (χ1v) is 8.33. The molecule has 19 heavy (non-hydrogen) atoms. The van der Waals surface area contributed by atoms with Crippen molar-refractivity contribution in [3.63, 3.8) is 0 Å². The number of hydrogen-bond donors (Lipinski definition) is 0. The van der Waals surface area contributed by atoms with Gasteiger partial charge in [-0.3, -0.25) is 4.79 Å². The molecule has 1 unspecified atom stereocenters. The van der Waals surface area contributed by atoms with Gasteiger partial charge in [-0.2, -0.15) is 0 Å². The second-order valence-electron chi connectivity index (χ2n) is 4.75. The first-order valence-electron chi connectivity index (χ1n) is 6.45. The van der Waals surface area contributed by atoms with Crippen molar-refractivity contribution in [2.45, 2.75) is 31.7 Å². The number of amides is 1. The summed E-state index contributed by atoms with van der Waals surface area (Å²) in [5, 5.41) is 1.99. The molecule has 5 heteroatoms. The Morgan fingerprint density at radius 3 is 2.95 bits per heavy atom. The van der Waals surface area contributed by atoms with Crippen molar-refractivity contribution in [2.75, 3.05) is 11.9 Å². The third-order valence-electron chi connectivity index (χ3n) is 3.47. The van der Waals surface area contributed by atoms with E-state index < -0.39 is 0 Å². The normalized spacial score (nSPS) is 18.9.